The Bertz CT molecular complexity index is 507. The Labute approximate surface area is 132 Å². The number of hydrogen-bond acceptors (Lipinski definition) is 5. The van der Waals surface area contributed by atoms with Gasteiger partial charge < -0.3 is 14.5 Å². The zero-order valence-electron chi connectivity index (χ0n) is 13.8. The van der Waals surface area contributed by atoms with Gasteiger partial charge in [-0.3, -0.25) is 4.79 Å². The largest absolute Gasteiger partial charge is 0.375 e. The number of rotatable bonds is 5. The minimum Gasteiger partial charge on any atom is -0.375 e. The summed E-state index contributed by atoms with van der Waals surface area (Å²) in [6, 6.07) is 0. The lowest BCUT2D eigenvalue weighted by atomic mass is 10.1. The lowest BCUT2D eigenvalue weighted by Crippen LogP contribution is -2.37. The van der Waals surface area contributed by atoms with E-state index in [2.05, 4.69) is 21.8 Å². The van der Waals surface area contributed by atoms with Crippen molar-refractivity contribution in [3.63, 3.8) is 0 Å². The molecule has 0 spiro atoms. The number of carbonyl (C=O) groups is 1. The van der Waals surface area contributed by atoms with Crippen molar-refractivity contribution < 1.29 is 9.53 Å². The van der Waals surface area contributed by atoms with Gasteiger partial charge in [-0.25, -0.2) is 9.97 Å². The number of aryl methyl sites for hydroxylation is 2. The number of anilines is 1. The molecule has 1 aromatic heterocycles. The topological polar surface area (TPSA) is 58.6 Å². The zero-order valence-corrected chi connectivity index (χ0v) is 13.8. The molecule has 1 amide bonds. The summed E-state index contributed by atoms with van der Waals surface area (Å²) in [4.78, 5) is 25.1. The van der Waals surface area contributed by atoms with Crippen molar-refractivity contribution in [2.75, 3.05) is 44.8 Å². The lowest BCUT2D eigenvalue weighted by molar-refractivity contribution is -0.134. The minimum atomic E-state index is 0.0667. The molecule has 22 heavy (non-hydrogen) atoms. The molecular weight excluding hydrogens is 280 g/mol. The molecule has 1 aromatic rings. The van der Waals surface area contributed by atoms with Gasteiger partial charge in [-0.15, -0.1) is 0 Å². The number of hydrogen-bond donors (Lipinski definition) is 0. The fourth-order valence-electron chi connectivity index (χ4n) is 2.80. The molecule has 1 fully saturated rings. The number of aromatic nitrogens is 2. The average molecular weight is 306 g/mol. The van der Waals surface area contributed by atoms with Gasteiger partial charge in [-0.2, -0.15) is 0 Å². The number of ether oxygens (including phenoxy) is 1. The molecule has 122 valence electrons. The van der Waals surface area contributed by atoms with Crippen LogP contribution in [0.4, 0.5) is 5.82 Å². The summed E-state index contributed by atoms with van der Waals surface area (Å²) in [6.07, 6.45) is 4.95. The van der Waals surface area contributed by atoms with Crippen LogP contribution in [0.15, 0.2) is 6.20 Å². The summed E-state index contributed by atoms with van der Waals surface area (Å²) in [5.74, 6) is 1.90. The van der Waals surface area contributed by atoms with E-state index < -0.39 is 0 Å². The molecule has 0 aromatic carbocycles. The van der Waals surface area contributed by atoms with Crippen molar-refractivity contribution in [3.05, 3.63) is 17.6 Å². The van der Waals surface area contributed by atoms with E-state index in [0.717, 1.165) is 57.1 Å². The molecule has 1 saturated heterocycles. The van der Waals surface area contributed by atoms with Gasteiger partial charge in [0.2, 0.25) is 5.91 Å². The molecule has 0 radical (unpaired) electrons. The quantitative estimate of drug-likeness (QED) is 0.823. The molecule has 0 atom stereocenters. The monoisotopic (exact) mass is 306 g/mol. The normalized spacial score (nSPS) is 15.8. The van der Waals surface area contributed by atoms with E-state index >= 15 is 0 Å². The summed E-state index contributed by atoms with van der Waals surface area (Å²) in [7, 11) is 1.56. The fraction of sp³-hybridized carbons (Fsp3) is 0.688. The standard InChI is InChI=1S/C16H26N4O2/c1-4-6-14-11-17-13(2)18-16(14)20-8-5-7-19(9-10-20)15(21)12-22-3/h11H,4-10,12H2,1-3H3. The number of carbonyl (C=O) groups excluding carboxylic acids is 1. The Hall–Kier alpha value is -1.69. The fourth-order valence-corrected chi connectivity index (χ4v) is 2.80. The van der Waals surface area contributed by atoms with Crippen LogP contribution in [-0.4, -0.2) is 60.7 Å². The number of nitrogens with zero attached hydrogens (tertiary/aromatic N) is 4. The van der Waals surface area contributed by atoms with E-state index in [4.69, 9.17) is 4.74 Å². The van der Waals surface area contributed by atoms with Crippen molar-refractivity contribution in [3.8, 4) is 0 Å². The van der Waals surface area contributed by atoms with Crippen molar-refractivity contribution in [1.82, 2.24) is 14.9 Å². The second kappa shape index (κ2) is 8.08. The van der Waals surface area contributed by atoms with E-state index in [9.17, 15) is 4.79 Å². The first kappa shape index (κ1) is 16.7. The molecule has 0 saturated carbocycles. The molecule has 2 heterocycles. The van der Waals surface area contributed by atoms with Crippen LogP contribution < -0.4 is 4.90 Å². The second-order valence-corrected chi connectivity index (χ2v) is 5.67. The average Bonchev–Trinajstić information content (AvgIpc) is 2.75. The van der Waals surface area contributed by atoms with Crippen LogP contribution >= 0.6 is 0 Å². The minimum absolute atomic E-state index is 0.0667. The van der Waals surface area contributed by atoms with Crippen LogP contribution in [0.5, 0.6) is 0 Å². The molecule has 0 unspecified atom stereocenters. The highest BCUT2D eigenvalue weighted by atomic mass is 16.5. The Morgan fingerprint density at radius 1 is 1.32 bits per heavy atom. The van der Waals surface area contributed by atoms with Crippen LogP contribution in [0.1, 0.15) is 31.2 Å². The number of amides is 1. The van der Waals surface area contributed by atoms with E-state index in [1.807, 2.05) is 18.0 Å². The summed E-state index contributed by atoms with van der Waals surface area (Å²) < 4.78 is 4.95. The maximum Gasteiger partial charge on any atom is 0.248 e. The molecule has 1 aliphatic rings. The first-order chi connectivity index (χ1) is 10.7. The van der Waals surface area contributed by atoms with Crippen molar-refractivity contribution in [2.45, 2.75) is 33.1 Å². The third-order valence-electron chi connectivity index (χ3n) is 3.90. The van der Waals surface area contributed by atoms with Gasteiger partial charge in [-0.1, -0.05) is 13.3 Å². The van der Waals surface area contributed by atoms with Gasteiger partial charge in [0.05, 0.1) is 0 Å². The molecule has 0 bridgehead atoms. The van der Waals surface area contributed by atoms with Gasteiger partial charge in [0.1, 0.15) is 18.2 Å². The maximum absolute atomic E-state index is 12.0. The zero-order chi connectivity index (χ0) is 15.9. The highest BCUT2D eigenvalue weighted by Crippen LogP contribution is 2.20. The Balaban J connectivity index is 2.10. The molecule has 0 aliphatic carbocycles. The maximum atomic E-state index is 12.0. The van der Waals surface area contributed by atoms with E-state index in [1.165, 1.54) is 5.56 Å². The third kappa shape index (κ3) is 4.16. The van der Waals surface area contributed by atoms with Crippen LogP contribution in [0.3, 0.4) is 0 Å². The van der Waals surface area contributed by atoms with Gasteiger partial charge in [0.15, 0.2) is 0 Å². The lowest BCUT2D eigenvalue weighted by Gasteiger charge is -2.24. The summed E-state index contributed by atoms with van der Waals surface area (Å²) in [5.41, 5.74) is 1.20. The summed E-state index contributed by atoms with van der Waals surface area (Å²) in [6.45, 7) is 7.48. The highest BCUT2D eigenvalue weighted by molar-refractivity contribution is 5.77. The highest BCUT2D eigenvalue weighted by Gasteiger charge is 2.21. The molecule has 0 N–H and O–H groups in total. The Morgan fingerprint density at radius 3 is 2.86 bits per heavy atom. The Morgan fingerprint density at radius 2 is 2.14 bits per heavy atom. The van der Waals surface area contributed by atoms with Gasteiger partial charge in [0, 0.05) is 45.0 Å². The van der Waals surface area contributed by atoms with Crippen molar-refractivity contribution in [1.29, 1.82) is 0 Å². The SMILES string of the molecule is CCCc1cnc(C)nc1N1CCCN(C(=O)COC)CC1. The van der Waals surface area contributed by atoms with Crippen molar-refractivity contribution in [2.24, 2.45) is 0 Å². The van der Waals surface area contributed by atoms with Crippen LogP contribution in [0.2, 0.25) is 0 Å². The first-order valence-electron chi connectivity index (χ1n) is 8.00. The van der Waals surface area contributed by atoms with Crippen LogP contribution in [0, 0.1) is 6.92 Å². The first-order valence-corrected chi connectivity index (χ1v) is 8.00. The predicted octanol–water partition coefficient (Wildman–Crippen LogP) is 1.42. The third-order valence-corrected chi connectivity index (χ3v) is 3.90. The molecule has 2 rings (SSSR count). The van der Waals surface area contributed by atoms with E-state index in [-0.39, 0.29) is 12.5 Å². The predicted molar refractivity (Wildman–Crippen MR) is 86.1 cm³/mol. The van der Waals surface area contributed by atoms with Crippen LogP contribution in [-0.2, 0) is 16.0 Å². The van der Waals surface area contributed by atoms with Gasteiger partial charge in [0.25, 0.3) is 0 Å². The van der Waals surface area contributed by atoms with Crippen LogP contribution in [0.25, 0.3) is 0 Å². The second-order valence-electron chi connectivity index (χ2n) is 5.67. The number of methoxy groups -OCH3 is 1. The van der Waals surface area contributed by atoms with Gasteiger partial charge in [-0.05, 0) is 19.8 Å². The molecule has 6 nitrogen and oxygen atoms in total. The van der Waals surface area contributed by atoms with E-state index in [0.29, 0.717) is 0 Å². The smallest absolute Gasteiger partial charge is 0.248 e. The van der Waals surface area contributed by atoms with E-state index in [1.54, 1.807) is 7.11 Å². The summed E-state index contributed by atoms with van der Waals surface area (Å²) in [5, 5.41) is 0. The molecule has 1 aliphatic heterocycles. The Kier molecular flexibility index (Phi) is 6.12. The van der Waals surface area contributed by atoms with Crippen molar-refractivity contribution >= 4 is 11.7 Å². The molecule has 6 heteroatoms. The molecular formula is C16H26N4O2. The summed E-state index contributed by atoms with van der Waals surface area (Å²) >= 11 is 0. The van der Waals surface area contributed by atoms with Gasteiger partial charge >= 0.3 is 0 Å².